The summed E-state index contributed by atoms with van der Waals surface area (Å²) < 4.78 is 6.91. The van der Waals surface area contributed by atoms with Gasteiger partial charge in [0.05, 0.1) is 0 Å². The highest BCUT2D eigenvalue weighted by molar-refractivity contribution is 5.96. The molecule has 6 nitrogen and oxygen atoms in total. The zero-order chi connectivity index (χ0) is 15.0. The number of aromatic nitrogens is 2. The molecular weight excluding hydrogens is 268 g/mol. The molecule has 3 heterocycles. The van der Waals surface area contributed by atoms with Gasteiger partial charge < -0.3 is 10.2 Å². The molecule has 1 aliphatic heterocycles. The molecule has 0 spiro atoms. The summed E-state index contributed by atoms with van der Waals surface area (Å²) in [6, 6.07) is 3.82. The number of hydrogen-bond donors (Lipinski definition) is 2. The molecule has 0 radical (unpaired) electrons. The molecule has 0 unspecified atom stereocenters. The molecule has 0 saturated heterocycles. The Morgan fingerprint density at radius 3 is 2.90 bits per heavy atom. The topological polar surface area (TPSA) is 68.2 Å². The lowest BCUT2D eigenvalue weighted by Gasteiger charge is -2.19. The van der Waals surface area contributed by atoms with E-state index in [1.165, 1.54) is 4.57 Å². The van der Waals surface area contributed by atoms with Gasteiger partial charge in [-0.3, -0.25) is 0 Å². The highest BCUT2D eigenvalue weighted by atomic mass is 16.6. The summed E-state index contributed by atoms with van der Waals surface area (Å²) in [4.78, 5) is 16.7. The van der Waals surface area contributed by atoms with Gasteiger partial charge in [0.15, 0.2) is 0 Å². The molecule has 110 valence electrons. The lowest BCUT2D eigenvalue weighted by molar-refractivity contribution is 0.0543. The summed E-state index contributed by atoms with van der Waals surface area (Å²) in [6.07, 6.45) is 4.93. The fourth-order valence-electron chi connectivity index (χ4n) is 2.27. The second-order valence-corrected chi connectivity index (χ2v) is 5.94. The highest BCUT2D eigenvalue weighted by Crippen LogP contribution is 2.27. The quantitative estimate of drug-likeness (QED) is 0.841. The van der Waals surface area contributed by atoms with Crippen LogP contribution in [0.1, 0.15) is 26.3 Å². The van der Waals surface area contributed by atoms with Crippen LogP contribution in [-0.2, 0) is 4.74 Å². The van der Waals surface area contributed by atoms with Crippen LogP contribution in [0.4, 0.5) is 4.79 Å². The molecule has 6 heteroatoms. The zero-order valence-corrected chi connectivity index (χ0v) is 12.3. The van der Waals surface area contributed by atoms with Crippen LogP contribution in [0, 0.1) is 0 Å². The van der Waals surface area contributed by atoms with Crippen molar-refractivity contribution in [2.45, 2.75) is 26.4 Å². The lowest BCUT2D eigenvalue weighted by atomic mass is 10.1. The Labute approximate surface area is 122 Å². The van der Waals surface area contributed by atoms with Crippen LogP contribution in [0.15, 0.2) is 30.7 Å². The second-order valence-electron chi connectivity index (χ2n) is 5.94. The van der Waals surface area contributed by atoms with E-state index in [4.69, 9.17) is 4.74 Å². The molecule has 0 fully saturated rings. The molecule has 0 saturated carbocycles. The molecule has 0 aromatic carbocycles. The highest BCUT2D eigenvalue weighted by Gasteiger charge is 2.22. The number of pyridine rings is 1. The van der Waals surface area contributed by atoms with Gasteiger partial charge in [0.25, 0.3) is 0 Å². The van der Waals surface area contributed by atoms with Crippen molar-refractivity contribution in [3.05, 3.63) is 36.3 Å². The van der Waals surface area contributed by atoms with Crippen molar-refractivity contribution < 1.29 is 9.53 Å². The third-order valence-electron chi connectivity index (χ3n) is 3.13. The van der Waals surface area contributed by atoms with Crippen LogP contribution in [0.2, 0.25) is 0 Å². The van der Waals surface area contributed by atoms with Gasteiger partial charge >= 0.3 is 6.09 Å². The first-order valence-corrected chi connectivity index (χ1v) is 6.83. The van der Waals surface area contributed by atoms with E-state index in [0.29, 0.717) is 12.2 Å². The van der Waals surface area contributed by atoms with E-state index in [2.05, 4.69) is 15.8 Å². The van der Waals surface area contributed by atoms with Crippen molar-refractivity contribution in [2.24, 2.45) is 0 Å². The SMILES string of the molecule is CC(C)(C)OC(=O)n1cc(C2=CNNC2)c2cccnc21. The normalized spacial score (nSPS) is 14.9. The Morgan fingerprint density at radius 1 is 1.43 bits per heavy atom. The van der Waals surface area contributed by atoms with E-state index in [1.54, 1.807) is 12.4 Å². The molecule has 0 atom stereocenters. The Hall–Kier alpha value is -2.34. The molecule has 1 aliphatic rings. The number of carbonyl (C=O) groups excluding carboxylic acids is 1. The number of fused-ring (bicyclic) bond motifs is 1. The van der Waals surface area contributed by atoms with Gasteiger partial charge in [-0.1, -0.05) is 0 Å². The minimum absolute atomic E-state index is 0.419. The zero-order valence-electron chi connectivity index (χ0n) is 12.3. The molecular formula is C15H18N4O2. The van der Waals surface area contributed by atoms with Crippen LogP contribution in [0.3, 0.4) is 0 Å². The summed E-state index contributed by atoms with van der Waals surface area (Å²) in [6.45, 7) is 6.23. The Morgan fingerprint density at radius 2 is 2.24 bits per heavy atom. The average Bonchev–Trinajstić information content (AvgIpc) is 3.03. The first-order chi connectivity index (χ1) is 9.96. The number of hydrazine groups is 1. The third kappa shape index (κ3) is 2.62. The monoisotopic (exact) mass is 286 g/mol. The van der Waals surface area contributed by atoms with Crippen molar-refractivity contribution in [3.63, 3.8) is 0 Å². The fraction of sp³-hybridized carbons (Fsp3) is 0.333. The van der Waals surface area contributed by atoms with E-state index in [-0.39, 0.29) is 0 Å². The van der Waals surface area contributed by atoms with Crippen LogP contribution >= 0.6 is 0 Å². The minimum Gasteiger partial charge on any atom is -0.443 e. The smallest absolute Gasteiger partial charge is 0.420 e. The van der Waals surface area contributed by atoms with Crippen molar-refractivity contribution in [3.8, 4) is 0 Å². The number of hydrogen-bond acceptors (Lipinski definition) is 5. The maximum Gasteiger partial charge on any atom is 0.420 e. The van der Waals surface area contributed by atoms with Crippen molar-refractivity contribution >= 4 is 22.7 Å². The van der Waals surface area contributed by atoms with E-state index >= 15 is 0 Å². The van der Waals surface area contributed by atoms with Crippen molar-refractivity contribution in [1.82, 2.24) is 20.4 Å². The number of ether oxygens (including phenoxy) is 1. The standard InChI is InChI=1S/C15H18N4O2/c1-15(2,3)21-14(20)19-9-12(10-7-17-18-8-10)11-5-4-6-16-13(11)19/h4-7,9,17-18H,8H2,1-3H3. The Balaban J connectivity index is 2.09. The number of nitrogens with zero attached hydrogens (tertiary/aromatic N) is 2. The van der Waals surface area contributed by atoms with Crippen molar-refractivity contribution in [2.75, 3.05) is 6.54 Å². The largest absolute Gasteiger partial charge is 0.443 e. The molecule has 0 aliphatic carbocycles. The van der Waals surface area contributed by atoms with E-state index in [1.807, 2.05) is 39.1 Å². The van der Waals surface area contributed by atoms with E-state index in [0.717, 1.165) is 16.5 Å². The molecule has 2 N–H and O–H groups in total. The molecule has 0 bridgehead atoms. The maximum atomic E-state index is 12.4. The number of carbonyl (C=O) groups is 1. The fourth-order valence-corrected chi connectivity index (χ4v) is 2.27. The van der Waals surface area contributed by atoms with Crippen molar-refractivity contribution in [1.29, 1.82) is 0 Å². The molecule has 21 heavy (non-hydrogen) atoms. The number of nitrogens with one attached hydrogen (secondary N) is 2. The molecule has 0 amide bonds. The van der Waals surface area contributed by atoms with Crippen LogP contribution in [0.25, 0.3) is 16.6 Å². The summed E-state index contributed by atoms with van der Waals surface area (Å²) in [5, 5.41) is 0.931. The van der Waals surface area contributed by atoms with E-state index < -0.39 is 11.7 Å². The average molecular weight is 286 g/mol. The first-order valence-electron chi connectivity index (χ1n) is 6.83. The summed E-state index contributed by atoms with van der Waals surface area (Å²) in [7, 11) is 0. The van der Waals surface area contributed by atoms with Gasteiger partial charge in [-0.25, -0.2) is 19.8 Å². The number of rotatable bonds is 1. The summed E-state index contributed by atoms with van der Waals surface area (Å²) in [5.74, 6) is 0. The van der Waals surface area contributed by atoms with Crippen LogP contribution < -0.4 is 10.9 Å². The lowest BCUT2D eigenvalue weighted by Crippen LogP contribution is -2.26. The van der Waals surface area contributed by atoms with Gasteiger partial charge in [0.2, 0.25) is 0 Å². The van der Waals surface area contributed by atoms with E-state index in [9.17, 15) is 4.79 Å². The van der Waals surface area contributed by atoms with Gasteiger partial charge in [-0.15, -0.1) is 0 Å². The maximum absolute atomic E-state index is 12.4. The summed E-state index contributed by atoms with van der Waals surface area (Å²) >= 11 is 0. The predicted octanol–water partition coefficient (Wildman–Crippen LogP) is 2.27. The van der Waals surface area contributed by atoms with Crippen LogP contribution in [-0.4, -0.2) is 27.8 Å². The second kappa shape index (κ2) is 4.89. The van der Waals surface area contributed by atoms with Gasteiger partial charge in [-0.2, -0.15) is 0 Å². The molecule has 2 aromatic rings. The van der Waals surface area contributed by atoms with Gasteiger partial charge in [0.1, 0.15) is 11.2 Å². The Kier molecular flexibility index (Phi) is 3.17. The van der Waals surface area contributed by atoms with Gasteiger partial charge in [0, 0.05) is 36.1 Å². The van der Waals surface area contributed by atoms with Crippen LogP contribution in [0.5, 0.6) is 0 Å². The molecule has 3 rings (SSSR count). The summed E-state index contributed by atoms with van der Waals surface area (Å²) in [5.41, 5.74) is 8.09. The molecule has 2 aromatic heterocycles. The Bertz CT molecular complexity index is 725. The minimum atomic E-state index is -0.543. The third-order valence-corrected chi connectivity index (χ3v) is 3.13. The van der Waals surface area contributed by atoms with Gasteiger partial charge in [-0.05, 0) is 38.5 Å². The first kappa shape index (κ1) is 13.6. The predicted molar refractivity (Wildman–Crippen MR) is 80.5 cm³/mol.